The van der Waals surface area contributed by atoms with Crippen LogP contribution in [0.15, 0.2) is 57.9 Å². The van der Waals surface area contributed by atoms with Gasteiger partial charge in [0, 0.05) is 6.07 Å². The molecule has 0 N–H and O–H groups in total. The van der Waals surface area contributed by atoms with Crippen molar-refractivity contribution in [3.8, 4) is 16.9 Å². The third kappa shape index (κ3) is 2.52. The summed E-state index contributed by atoms with van der Waals surface area (Å²) in [7, 11) is 0. The first kappa shape index (κ1) is 13.7. The van der Waals surface area contributed by atoms with Crippen molar-refractivity contribution in [3.63, 3.8) is 0 Å². The summed E-state index contributed by atoms with van der Waals surface area (Å²) in [6.45, 7) is 2.37. The fourth-order valence-corrected chi connectivity index (χ4v) is 2.43. The summed E-state index contributed by atoms with van der Waals surface area (Å²) in [6.07, 6.45) is 1.48. The summed E-state index contributed by atoms with van der Waals surface area (Å²) >= 11 is 6.15. The van der Waals surface area contributed by atoms with E-state index in [1.54, 1.807) is 12.1 Å². The van der Waals surface area contributed by atoms with E-state index >= 15 is 0 Å². The van der Waals surface area contributed by atoms with Gasteiger partial charge in [0.15, 0.2) is 0 Å². The second-order valence-electron chi connectivity index (χ2n) is 4.56. The van der Waals surface area contributed by atoms with Crippen LogP contribution in [0.2, 0.25) is 5.02 Å². The van der Waals surface area contributed by atoms with E-state index in [0.29, 0.717) is 33.9 Å². The molecule has 21 heavy (non-hydrogen) atoms. The first-order valence-electron chi connectivity index (χ1n) is 6.64. The lowest BCUT2D eigenvalue weighted by molar-refractivity contribution is 0.340. The molecule has 0 spiro atoms. The van der Waals surface area contributed by atoms with Gasteiger partial charge in [0.05, 0.1) is 22.6 Å². The molecule has 0 saturated carbocycles. The molecule has 0 saturated heterocycles. The second kappa shape index (κ2) is 5.62. The minimum absolute atomic E-state index is 0.104. The molecule has 0 unspecified atom stereocenters. The Kier molecular flexibility index (Phi) is 3.67. The van der Waals surface area contributed by atoms with Gasteiger partial charge in [-0.05, 0) is 18.6 Å². The topological polar surface area (TPSA) is 39.4 Å². The van der Waals surface area contributed by atoms with Gasteiger partial charge in [-0.1, -0.05) is 41.9 Å². The second-order valence-corrected chi connectivity index (χ2v) is 4.96. The van der Waals surface area contributed by atoms with Crippen molar-refractivity contribution in [1.82, 2.24) is 0 Å². The third-order valence-electron chi connectivity index (χ3n) is 3.21. The smallest absolute Gasteiger partial charge is 0.200 e. The highest BCUT2D eigenvalue weighted by Crippen LogP contribution is 2.30. The van der Waals surface area contributed by atoms with Gasteiger partial charge in [-0.15, -0.1) is 0 Å². The van der Waals surface area contributed by atoms with Crippen LogP contribution in [0.5, 0.6) is 5.75 Å². The van der Waals surface area contributed by atoms with E-state index in [-0.39, 0.29) is 5.43 Å². The van der Waals surface area contributed by atoms with Crippen LogP contribution in [0.3, 0.4) is 0 Å². The lowest BCUT2D eigenvalue weighted by Gasteiger charge is -2.07. The first-order valence-corrected chi connectivity index (χ1v) is 7.01. The molecule has 1 heterocycles. The van der Waals surface area contributed by atoms with Gasteiger partial charge >= 0.3 is 0 Å². The van der Waals surface area contributed by atoms with Crippen LogP contribution >= 0.6 is 11.6 Å². The zero-order valence-electron chi connectivity index (χ0n) is 11.4. The molecular weight excluding hydrogens is 288 g/mol. The maximum atomic E-state index is 12.6. The Morgan fingerprint density at radius 3 is 2.67 bits per heavy atom. The van der Waals surface area contributed by atoms with Gasteiger partial charge in [0.25, 0.3) is 0 Å². The minimum Gasteiger partial charge on any atom is -0.492 e. The van der Waals surface area contributed by atoms with Gasteiger partial charge in [0.1, 0.15) is 17.6 Å². The Morgan fingerprint density at radius 2 is 1.95 bits per heavy atom. The van der Waals surface area contributed by atoms with Gasteiger partial charge in [0.2, 0.25) is 5.43 Å². The van der Waals surface area contributed by atoms with E-state index in [2.05, 4.69) is 0 Å². The Labute approximate surface area is 126 Å². The van der Waals surface area contributed by atoms with Crippen LogP contribution in [0.25, 0.3) is 22.1 Å². The quantitative estimate of drug-likeness (QED) is 0.714. The number of hydrogen-bond donors (Lipinski definition) is 0. The fraction of sp³-hybridized carbons (Fsp3) is 0.118. The zero-order chi connectivity index (χ0) is 14.8. The minimum atomic E-state index is -0.104. The van der Waals surface area contributed by atoms with Crippen molar-refractivity contribution in [2.45, 2.75) is 6.92 Å². The molecule has 2 aromatic carbocycles. The monoisotopic (exact) mass is 300 g/mol. The lowest BCUT2D eigenvalue weighted by Crippen LogP contribution is -2.05. The summed E-state index contributed by atoms with van der Waals surface area (Å²) in [5.74, 6) is 0.516. The highest BCUT2D eigenvalue weighted by atomic mass is 35.5. The highest BCUT2D eigenvalue weighted by Gasteiger charge is 2.12. The molecule has 3 nitrogen and oxygen atoms in total. The summed E-state index contributed by atoms with van der Waals surface area (Å²) in [4.78, 5) is 12.6. The molecule has 3 rings (SSSR count). The van der Waals surface area contributed by atoms with Gasteiger partial charge < -0.3 is 9.15 Å². The van der Waals surface area contributed by atoms with E-state index in [1.807, 2.05) is 37.3 Å². The SMILES string of the molecule is CCOc1cc2occ(-c3ccccc3)c(=O)c2cc1Cl. The van der Waals surface area contributed by atoms with Crippen LogP contribution in [0, 0.1) is 0 Å². The molecule has 4 heteroatoms. The molecule has 0 atom stereocenters. The average molecular weight is 301 g/mol. The van der Waals surface area contributed by atoms with E-state index in [0.717, 1.165) is 5.56 Å². The molecule has 1 aromatic heterocycles. The van der Waals surface area contributed by atoms with Crippen molar-refractivity contribution >= 4 is 22.6 Å². The number of rotatable bonds is 3. The standard InChI is InChI=1S/C17H13ClO3/c1-2-20-16-9-15-12(8-14(16)18)17(19)13(10-21-15)11-6-4-3-5-7-11/h3-10H,2H2,1H3. The Hall–Kier alpha value is -2.26. The highest BCUT2D eigenvalue weighted by molar-refractivity contribution is 6.32. The predicted molar refractivity (Wildman–Crippen MR) is 84.1 cm³/mol. The lowest BCUT2D eigenvalue weighted by atomic mass is 10.1. The molecule has 0 fully saturated rings. The number of benzene rings is 2. The molecule has 0 bridgehead atoms. The first-order chi connectivity index (χ1) is 10.2. The Bertz CT molecular complexity index is 838. The summed E-state index contributed by atoms with van der Waals surface area (Å²) in [5.41, 5.74) is 1.70. The molecule has 106 valence electrons. The molecule has 0 aliphatic rings. The number of ether oxygens (including phenoxy) is 1. The van der Waals surface area contributed by atoms with E-state index in [1.165, 1.54) is 6.26 Å². The van der Waals surface area contributed by atoms with Gasteiger partial charge in [-0.25, -0.2) is 0 Å². The van der Waals surface area contributed by atoms with Crippen LogP contribution in [0.4, 0.5) is 0 Å². The van der Waals surface area contributed by atoms with Crippen LogP contribution < -0.4 is 10.2 Å². The van der Waals surface area contributed by atoms with Crippen molar-refractivity contribution in [1.29, 1.82) is 0 Å². The van der Waals surface area contributed by atoms with Crippen molar-refractivity contribution < 1.29 is 9.15 Å². The van der Waals surface area contributed by atoms with E-state index in [9.17, 15) is 4.79 Å². The summed E-state index contributed by atoms with van der Waals surface area (Å²) < 4.78 is 11.0. The molecule has 0 radical (unpaired) electrons. The van der Waals surface area contributed by atoms with Gasteiger partial charge in [-0.3, -0.25) is 4.79 Å². The van der Waals surface area contributed by atoms with Crippen LogP contribution in [-0.4, -0.2) is 6.61 Å². The Morgan fingerprint density at radius 1 is 1.19 bits per heavy atom. The maximum Gasteiger partial charge on any atom is 0.200 e. The number of halogens is 1. The maximum absolute atomic E-state index is 12.6. The molecule has 0 aliphatic heterocycles. The normalized spacial score (nSPS) is 10.8. The fourth-order valence-electron chi connectivity index (χ4n) is 2.21. The van der Waals surface area contributed by atoms with Crippen molar-refractivity contribution in [2.24, 2.45) is 0 Å². The summed E-state index contributed by atoms with van der Waals surface area (Å²) in [6, 6.07) is 12.6. The van der Waals surface area contributed by atoms with E-state index < -0.39 is 0 Å². The van der Waals surface area contributed by atoms with Crippen LogP contribution in [-0.2, 0) is 0 Å². The van der Waals surface area contributed by atoms with E-state index in [4.69, 9.17) is 20.8 Å². The molecule has 0 amide bonds. The third-order valence-corrected chi connectivity index (χ3v) is 3.51. The average Bonchev–Trinajstić information content (AvgIpc) is 2.50. The number of fused-ring (bicyclic) bond motifs is 1. The summed E-state index contributed by atoms with van der Waals surface area (Å²) in [5, 5.41) is 0.853. The molecule has 3 aromatic rings. The van der Waals surface area contributed by atoms with Crippen LogP contribution in [0.1, 0.15) is 6.92 Å². The zero-order valence-corrected chi connectivity index (χ0v) is 12.2. The van der Waals surface area contributed by atoms with Gasteiger partial charge in [-0.2, -0.15) is 0 Å². The Balaban J connectivity index is 2.22. The predicted octanol–water partition coefficient (Wildman–Crippen LogP) is 4.51. The van der Waals surface area contributed by atoms with Crippen molar-refractivity contribution in [3.05, 3.63) is 64.0 Å². The largest absolute Gasteiger partial charge is 0.492 e. The molecule has 0 aliphatic carbocycles. The number of hydrogen-bond acceptors (Lipinski definition) is 3. The van der Waals surface area contributed by atoms with Crippen molar-refractivity contribution in [2.75, 3.05) is 6.61 Å². The molecular formula is C17H13ClO3.